The lowest BCUT2D eigenvalue weighted by Gasteiger charge is -2.22. The van der Waals surface area contributed by atoms with Gasteiger partial charge >= 0.3 is 0 Å². The topological polar surface area (TPSA) is 46.2 Å². The molecule has 4 rings (SSSR count). The molecule has 0 fully saturated rings. The Balaban J connectivity index is 1.88. The molecule has 1 N–H and O–H groups in total. The van der Waals surface area contributed by atoms with Gasteiger partial charge in [-0.05, 0) is 56.0 Å². The summed E-state index contributed by atoms with van der Waals surface area (Å²) < 4.78 is 0. The smallest absolute Gasteiger partial charge is 0.196 e. The molecule has 27 heavy (non-hydrogen) atoms. The molecule has 3 aromatic rings. The van der Waals surface area contributed by atoms with Gasteiger partial charge in [0.05, 0.1) is 11.3 Å². The summed E-state index contributed by atoms with van der Waals surface area (Å²) in [5.41, 5.74) is 8.26. The van der Waals surface area contributed by atoms with Crippen LogP contribution in [0.25, 0.3) is 0 Å². The predicted molar refractivity (Wildman–Crippen MR) is 108 cm³/mol. The Morgan fingerprint density at radius 2 is 1.30 bits per heavy atom. The first-order valence-corrected chi connectivity index (χ1v) is 9.06. The summed E-state index contributed by atoms with van der Waals surface area (Å²) in [4.78, 5) is 26.1. The van der Waals surface area contributed by atoms with Crippen molar-refractivity contribution in [3.63, 3.8) is 0 Å². The van der Waals surface area contributed by atoms with Crippen LogP contribution in [0.4, 0.5) is 11.4 Å². The molecule has 1 aliphatic carbocycles. The van der Waals surface area contributed by atoms with Gasteiger partial charge in [-0.15, -0.1) is 0 Å². The number of hydrogen-bond donors (Lipinski definition) is 1. The molecule has 0 atom stereocenters. The lowest BCUT2D eigenvalue weighted by molar-refractivity contribution is 0.0979. The number of fused-ring (bicyclic) bond motifs is 2. The second-order valence-corrected chi connectivity index (χ2v) is 7.19. The second kappa shape index (κ2) is 6.20. The van der Waals surface area contributed by atoms with E-state index in [1.807, 2.05) is 12.1 Å². The summed E-state index contributed by atoms with van der Waals surface area (Å²) in [6, 6.07) is 14.6. The van der Waals surface area contributed by atoms with Gasteiger partial charge in [0.2, 0.25) is 0 Å². The largest absolute Gasteiger partial charge is 0.354 e. The molecule has 0 unspecified atom stereocenters. The van der Waals surface area contributed by atoms with Gasteiger partial charge in [0.1, 0.15) is 0 Å². The van der Waals surface area contributed by atoms with Gasteiger partial charge in [-0.3, -0.25) is 9.59 Å². The van der Waals surface area contributed by atoms with E-state index in [0.29, 0.717) is 27.9 Å². The van der Waals surface area contributed by atoms with E-state index in [-0.39, 0.29) is 11.6 Å². The van der Waals surface area contributed by atoms with Crippen molar-refractivity contribution in [3.05, 3.63) is 93.0 Å². The Hall–Kier alpha value is -3.20. The fraction of sp³-hybridized carbons (Fsp3) is 0.167. The van der Waals surface area contributed by atoms with Crippen molar-refractivity contribution in [2.75, 3.05) is 5.32 Å². The van der Waals surface area contributed by atoms with E-state index >= 15 is 0 Å². The molecule has 134 valence electrons. The molecular weight excluding hydrogens is 334 g/mol. The van der Waals surface area contributed by atoms with E-state index in [4.69, 9.17) is 0 Å². The highest BCUT2D eigenvalue weighted by atomic mass is 16.1. The lowest BCUT2D eigenvalue weighted by Crippen LogP contribution is -2.22. The summed E-state index contributed by atoms with van der Waals surface area (Å²) in [5.74, 6) is -0.208. The second-order valence-electron chi connectivity index (χ2n) is 7.19. The van der Waals surface area contributed by atoms with Crippen molar-refractivity contribution < 1.29 is 9.59 Å². The highest BCUT2D eigenvalue weighted by Gasteiger charge is 2.31. The third-order valence-electron chi connectivity index (χ3n) is 5.57. The fourth-order valence-electron chi connectivity index (χ4n) is 3.86. The summed E-state index contributed by atoms with van der Waals surface area (Å²) in [6.45, 7) is 8.33. The molecule has 0 saturated carbocycles. The Bertz CT molecular complexity index is 1130. The summed E-state index contributed by atoms with van der Waals surface area (Å²) >= 11 is 0. The van der Waals surface area contributed by atoms with Crippen molar-refractivity contribution >= 4 is 22.9 Å². The van der Waals surface area contributed by atoms with Crippen molar-refractivity contribution in [1.82, 2.24) is 0 Å². The molecule has 0 bridgehead atoms. The minimum atomic E-state index is -0.109. The average molecular weight is 355 g/mol. The van der Waals surface area contributed by atoms with Crippen LogP contribution in [-0.4, -0.2) is 11.6 Å². The molecule has 0 aliphatic heterocycles. The van der Waals surface area contributed by atoms with Crippen LogP contribution in [0.2, 0.25) is 0 Å². The zero-order chi connectivity index (χ0) is 19.3. The molecule has 0 aromatic heterocycles. The Morgan fingerprint density at radius 1 is 0.667 bits per heavy atom. The van der Waals surface area contributed by atoms with Crippen LogP contribution >= 0.6 is 0 Å². The maximum atomic E-state index is 13.2. The van der Waals surface area contributed by atoms with Crippen LogP contribution in [-0.2, 0) is 0 Å². The highest BCUT2D eigenvalue weighted by molar-refractivity contribution is 6.30. The van der Waals surface area contributed by atoms with E-state index in [1.165, 1.54) is 11.1 Å². The number of ketones is 2. The van der Waals surface area contributed by atoms with Crippen LogP contribution in [0.15, 0.2) is 48.5 Å². The van der Waals surface area contributed by atoms with Gasteiger partial charge < -0.3 is 5.32 Å². The van der Waals surface area contributed by atoms with Crippen LogP contribution in [0.5, 0.6) is 0 Å². The van der Waals surface area contributed by atoms with Gasteiger partial charge in [0, 0.05) is 22.4 Å². The van der Waals surface area contributed by atoms with Crippen molar-refractivity contribution in [3.8, 4) is 0 Å². The summed E-state index contributed by atoms with van der Waals surface area (Å²) in [5, 5.41) is 3.45. The molecule has 0 radical (unpaired) electrons. The quantitative estimate of drug-likeness (QED) is 0.521. The van der Waals surface area contributed by atoms with Gasteiger partial charge in [0.25, 0.3) is 0 Å². The Labute approximate surface area is 159 Å². The number of hydrogen-bond acceptors (Lipinski definition) is 3. The minimum absolute atomic E-state index is 0.0996. The first-order valence-electron chi connectivity index (χ1n) is 9.06. The van der Waals surface area contributed by atoms with E-state index < -0.39 is 0 Å². The van der Waals surface area contributed by atoms with Gasteiger partial charge in [0.15, 0.2) is 11.6 Å². The number of carbonyl (C=O) groups is 2. The van der Waals surface area contributed by atoms with Gasteiger partial charge in [-0.25, -0.2) is 0 Å². The lowest BCUT2D eigenvalue weighted by atomic mass is 9.83. The van der Waals surface area contributed by atoms with Crippen LogP contribution in [0.1, 0.15) is 54.1 Å². The zero-order valence-corrected chi connectivity index (χ0v) is 15.9. The van der Waals surface area contributed by atoms with Crippen molar-refractivity contribution in [2.24, 2.45) is 0 Å². The standard InChI is InChI=1S/C24H21NO2/c1-13-12-14(2)22(16(4)15(13)3)25-20-11-7-10-19-21(20)24(27)18-9-6-5-8-17(18)23(19)26/h5-12,25H,1-4H3. The Morgan fingerprint density at radius 3 is 2.00 bits per heavy atom. The number of carbonyl (C=O) groups excluding carboxylic acids is 2. The monoisotopic (exact) mass is 355 g/mol. The van der Waals surface area contributed by atoms with Crippen LogP contribution in [0, 0.1) is 27.7 Å². The highest BCUT2D eigenvalue weighted by Crippen LogP contribution is 2.35. The molecule has 3 heteroatoms. The molecule has 0 saturated heterocycles. The number of anilines is 2. The first kappa shape index (κ1) is 17.2. The summed E-state index contributed by atoms with van der Waals surface area (Å²) in [7, 11) is 0. The predicted octanol–water partition coefficient (Wildman–Crippen LogP) is 5.44. The maximum absolute atomic E-state index is 13.2. The average Bonchev–Trinajstić information content (AvgIpc) is 2.67. The number of benzene rings is 3. The number of aryl methyl sites for hydroxylation is 2. The SMILES string of the molecule is Cc1cc(C)c(Nc2cccc3c2C(=O)c2ccccc2C3=O)c(C)c1C. The van der Waals surface area contributed by atoms with E-state index in [2.05, 4.69) is 39.1 Å². The third kappa shape index (κ3) is 2.58. The van der Waals surface area contributed by atoms with Crippen molar-refractivity contribution in [2.45, 2.75) is 27.7 Å². The normalized spacial score (nSPS) is 12.6. The van der Waals surface area contributed by atoms with Gasteiger partial charge in [-0.2, -0.15) is 0 Å². The van der Waals surface area contributed by atoms with Crippen molar-refractivity contribution in [1.29, 1.82) is 0 Å². The fourth-order valence-corrected chi connectivity index (χ4v) is 3.86. The zero-order valence-electron chi connectivity index (χ0n) is 15.9. The van der Waals surface area contributed by atoms with E-state index in [9.17, 15) is 9.59 Å². The van der Waals surface area contributed by atoms with E-state index in [1.54, 1.807) is 30.3 Å². The molecule has 0 spiro atoms. The molecular formula is C24H21NO2. The molecule has 3 nitrogen and oxygen atoms in total. The first-order chi connectivity index (χ1) is 12.9. The van der Waals surface area contributed by atoms with E-state index in [0.717, 1.165) is 16.8 Å². The van der Waals surface area contributed by atoms with Gasteiger partial charge in [-0.1, -0.05) is 42.5 Å². The maximum Gasteiger partial charge on any atom is 0.196 e. The Kier molecular flexibility index (Phi) is 3.96. The number of rotatable bonds is 2. The van der Waals surface area contributed by atoms with Crippen LogP contribution in [0.3, 0.4) is 0 Å². The molecule has 0 heterocycles. The van der Waals surface area contributed by atoms with Crippen LogP contribution < -0.4 is 5.32 Å². The third-order valence-corrected chi connectivity index (χ3v) is 5.57. The summed E-state index contributed by atoms with van der Waals surface area (Å²) in [6.07, 6.45) is 0. The number of nitrogens with one attached hydrogen (secondary N) is 1. The minimum Gasteiger partial charge on any atom is -0.354 e. The molecule has 1 aliphatic rings. The molecule has 0 amide bonds. The molecule has 3 aromatic carbocycles.